The van der Waals surface area contributed by atoms with Crippen molar-refractivity contribution in [3.05, 3.63) is 34.6 Å². The molecule has 0 radical (unpaired) electrons. The molecule has 1 aromatic rings. The summed E-state index contributed by atoms with van der Waals surface area (Å²) in [5.74, 6) is -0.343. The van der Waals surface area contributed by atoms with E-state index >= 15 is 0 Å². The van der Waals surface area contributed by atoms with Gasteiger partial charge in [0, 0.05) is 18.1 Å². The Morgan fingerprint density at radius 1 is 1.39 bits per heavy atom. The molecule has 0 aliphatic carbocycles. The predicted molar refractivity (Wildman–Crippen MR) is 71.4 cm³/mol. The minimum absolute atomic E-state index is 0.223. The first-order valence-corrected chi connectivity index (χ1v) is 6.69. The van der Waals surface area contributed by atoms with E-state index in [1.165, 1.54) is 18.2 Å². The van der Waals surface area contributed by atoms with Crippen molar-refractivity contribution in [2.24, 2.45) is 0 Å². The maximum atomic E-state index is 13.1. The largest absolute Gasteiger partial charge is 0.390 e. The summed E-state index contributed by atoms with van der Waals surface area (Å²) in [6, 6.07) is 4.18. The second kappa shape index (κ2) is 7.72. The number of aliphatic hydroxyl groups is 1. The van der Waals surface area contributed by atoms with Crippen molar-refractivity contribution in [3.63, 3.8) is 0 Å². The summed E-state index contributed by atoms with van der Waals surface area (Å²) >= 11 is 5.98. The van der Waals surface area contributed by atoms with Crippen molar-refractivity contribution in [1.82, 2.24) is 0 Å². The van der Waals surface area contributed by atoms with Gasteiger partial charge in [0.1, 0.15) is 5.82 Å². The van der Waals surface area contributed by atoms with Crippen LogP contribution in [0.15, 0.2) is 18.2 Å². The molecule has 0 bridgehead atoms. The molecule has 0 saturated heterocycles. The number of aliphatic hydroxyl groups excluding tert-OH is 1. The summed E-state index contributed by atoms with van der Waals surface area (Å²) in [4.78, 5) is 0. The Hall–Kier alpha value is -0.640. The van der Waals surface area contributed by atoms with Crippen LogP contribution in [0.3, 0.4) is 0 Å². The molecular formula is C14H20ClFO2. The maximum Gasteiger partial charge on any atom is 0.123 e. The van der Waals surface area contributed by atoms with E-state index in [1.807, 2.05) is 13.8 Å². The van der Waals surface area contributed by atoms with Crippen LogP contribution in [0.1, 0.15) is 32.3 Å². The molecule has 0 saturated carbocycles. The lowest BCUT2D eigenvalue weighted by molar-refractivity contribution is -0.0363. The molecule has 0 spiro atoms. The smallest absolute Gasteiger partial charge is 0.123 e. The fourth-order valence-electron chi connectivity index (χ4n) is 1.94. The normalized spacial score (nSPS) is 14.5. The lowest BCUT2D eigenvalue weighted by Gasteiger charge is -2.22. The van der Waals surface area contributed by atoms with Gasteiger partial charge in [0.15, 0.2) is 0 Å². The van der Waals surface area contributed by atoms with E-state index in [9.17, 15) is 9.50 Å². The highest BCUT2D eigenvalue weighted by molar-refractivity contribution is 6.31. The Labute approximate surface area is 113 Å². The van der Waals surface area contributed by atoms with Gasteiger partial charge in [0.2, 0.25) is 0 Å². The molecule has 102 valence electrons. The van der Waals surface area contributed by atoms with Crippen LogP contribution in [0.4, 0.5) is 4.39 Å². The minimum atomic E-state index is -0.663. The third-order valence-electron chi connectivity index (χ3n) is 2.82. The van der Waals surface area contributed by atoms with E-state index in [-0.39, 0.29) is 11.9 Å². The third kappa shape index (κ3) is 4.56. The van der Waals surface area contributed by atoms with Crippen molar-refractivity contribution >= 4 is 11.6 Å². The summed E-state index contributed by atoms with van der Waals surface area (Å²) < 4.78 is 18.6. The highest BCUT2D eigenvalue weighted by Gasteiger charge is 2.20. The molecule has 2 nitrogen and oxygen atoms in total. The second-order valence-corrected chi connectivity index (χ2v) is 4.70. The maximum absolute atomic E-state index is 13.1. The number of ether oxygens (including phenoxy) is 1. The van der Waals surface area contributed by atoms with Crippen LogP contribution in [0.25, 0.3) is 0 Å². The molecule has 0 amide bonds. The van der Waals surface area contributed by atoms with E-state index in [0.29, 0.717) is 23.6 Å². The molecule has 0 aromatic heterocycles. The molecule has 1 aromatic carbocycles. The summed E-state index contributed by atoms with van der Waals surface area (Å²) in [7, 11) is 0. The zero-order valence-corrected chi connectivity index (χ0v) is 11.6. The average molecular weight is 275 g/mol. The summed E-state index contributed by atoms with van der Waals surface area (Å²) in [5.41, 5.74) is 0.616. The van der Waals surface area contributed by atoms with Crippen molar-refractivity contribution < 1.29 is 14.2 Å². The Balaban J connectivity index is 2.71. The lowest BCUT2D eigenvalue weighted by atomic mass is 10.0. The molecule has 2 atom stereocenters. The van der Waals surface area contributed by atoms with Gasteiger partial charge in [-0.05, 0) is 37.1 Å². The number of hydrogen-bond acceptors (Lipinski definition) is 2. The fourth-order valence-corrected chi connectivity index (χ4v) is 2.14. The van der Waals surface area contributed by atoms with Crippen LogP contribution < -0.4 is 0 Å². The van der Waals surface area contributed by atoms with Gasteiger partial charge < -0.3 is 9.84 Å². The molecule has 0 aliphatic rings. The summed E-state index contributed by atoms with van der Waals surface area (Å²) in [6.45, 7) is 4.48. The summed E-state index contributed by atoms with van der Waals surface area (Å²) in [6.07, 6.45) is 1.13. The first-order valence-electron chi connectivity index (χ1n) is 6.32. The molecule has 0 heterocycles. The van der Waals surface area contributed by atoms with E-state index in [2.05, 4.69) is 0 Å². The molecule has 0 aliphatic heterocycles. The van der Waals surface area contributed by atoms with Crippen molar-refractivity contribution in [3.8, 4) is 0 Å². The minimum Gasteiger partial charge on any atom is -0.390 e. The topological polar surface area (TPSA) is 29.5 Å². The highest BCUT2D eigenvalue weighted by Crippen LogP contribution is 2.21. The van der Waals surface area contributed by atoms with Gasteiger partial charge >= 0.3 is 0 Å². The van der Waals surface area contributed by atoms with Gasteiger partial charge in [-0.1, -0.05) is 24.9 Å². The number of halogens is 2. The van der Waals surface area contributed by atoms with Crippen LogP contribution in [0.5, 0.6) is 0 Å². The van der Waals surface area contributed by atoms with Crippen molar-refractivity contribution in [2.75, 3.05) is 6.61 Å². The van der Waals surface area contributed by atoms with Gasteiger partial charge in [-0.25, -0.2) is 4.39 Å². The van der Waals surface area contributed by atoms with Crippen molar-refractivity contribution in [1.29, 1.82) is 0 Å². The van der Waals surface area contributed by atoms with E-state index < -0.39 is 6.10 Å². The quantitative estimate of drug-likeness (QED) is 0.823. The highest BCUT2D eigenvalue weighted by atomic mass is 35.5. The zero-order chi connectivity index (χ0) is 13.5. The molecule has 1 rings (SSSR count). The monoisotopic (exact) mass is 274 g/mol. The van der Waals surface area contributed by atoms with Crippen molar-refractivity contribution in [2.45, 2.75) is 45.3 Å². The molecule has 1 N–H and O–H groups in total. The molecular weight excluding hydrogens is 255 g/mol. The van der Waals surface area contributed by atoms with Gasteiger partial charge in [-0.15, -0.1) is 0 Å². The van der Waals surface area contributed by atoms with E-state index in [1.54, 1.807) is 0 Å². The van der Waals surface area contributed by atoms with E-state index in [0.717, 1.165) is 12.8 Å². The number of benzene rings is 1. The van der Waals surface area contributed by atoms with Gasteiger partial charge in [0.05, 0.1) is 12.2 Å². The second-order valence-electron chi connectivity index (χ2n) is 4.29. The number of hydrogen-bond donors (Lipinski definition) is 1. The predicted octanol–water partition coefficient (Wildman–Crippen LogP) is 3.59. The Morgan fingerprint density at radius 2 is 2.11 bits per heavy atom. The molecule has 4 heteroatoms. The summed E-state index contributed by atoms with van der Waals surface area (Å²) in [5, 5.41) is 10.6. The standard InChI is InChI=1S/C14H20ClFO2/c1-3-5-14(18-4-2)13(17)9-10-8-11(16)6-7-12(10)15/h6-8,13-14,17H,3-5,9H2,1-2H3. The third-order valence-corrected chi connectivity index (χ3v) is 3.19. The van der Waals surface area contributed by atoms with Crippen LogP contribution in [0, 0.1) is 5.82 Å². The van der Waals surface area contributed by atoms with Crippen LogP contribution in [-0.2, 0) is 11.2 Å². The average Bonchev–Trinajstić information content (AvgIpc) is 2.33. The van der Waals surface area contributed by atoms with Crippen LogP contribution in [-0.4, -0.2) is 23.9 Å². The Morgan fingerprint density at radius 3 is 2.72 bits per heavy atom. The first-order chi connectivity index (χ1) is 8.58. The van der Waals surface area contributed by atoms with E-state index in [4.69, 9.17) is 16.3 Å². The lowest BCUT2D eigenvalue weighted by Crippen LogP contribution is -2.31. The molecule has 2 unspecified atom stereocenters. The van der Waals surface area contributed by atoms with Gasteiger partial charge in [-0.2, -0.15) is 0 Å². The van der Waals surface area contributed by atoms with Gasteiger partial charge in [-0.3, -0.25) is 0 Å². The Kier molecular flexibility index (Phi) is 6.61. The molecule has 0 fully saturated rings. The Bertz CT molecular complexity index is 365. The zero-order valence-electron chi connectivity index (χ0n) is 10.8. The fraction of sp³-hybridized carbons (Fsp3) is 0.571. The van der Waals surface area contributed by atoms with Crippen LogP contribution >= 0.6 is 11.6 Å². The molecule has 18 heavy (non-hydrogen) atoms. The number of rotatable bonds is 7. The van der Waals surface area contributed by atoms with Crippen LogP contribution in [0.2, 0.25) is 5.02 Å². The first kappa shape index (κ1) is 15.4. The SMILES string of the molecule is CCCC(OCC)C(O)Cc1cc(F)ccc1Cl. The van der Waals surface area contributed by atoms with Gasteiger partial charge in [0.25, 0.3) is 0 Å².